The lowest BCUT2D eigenvalue weighted by atomic mass is 10.1. The summed E-state index contributed by atoms with van der Waals surface area (Å²) in [6.45, 7) is 3.21. The molecule has 0 atom stereocenters. The monoisotopic (exact) mass is 278 g/mol. The van der Waals surface area contributed by atoms with Gasteiger partial charge in [-0.25, -0.2) is 9.37 Å². The maximum Gasteiger partial charge on any atom is 0.149 e. The molecule has 0 spiro atoms. The highest BCUT2D eigenvalue weighted by Gasteiger charge is 2.14. The normalized spacial score (nSPS) is 10.8. The molecule has 0 aliphatic rings. The van der Waals surface area contributed by atoms with Crippen molar-refractivity contribution in [2.75, 3.05) is 26.1 Å². The Bertz CT molecular complexity index is 602. The molecule has 0 unspecified atom stereocenters. The van der Waals surface area contributed by atoms with Crippen LogP contribution in [0, 0.1) is 5.82 Å². The van der Waals surface area contributed by atoms with E-state index < -0.39 is 0 Å². The van der Waals surface area contributed by atoms with E-state index in [0.717, 1.165) is 18.7 Å². The second-order valence-electron chi connectivity index (χ2n) is 4.49. The summed E-state index contributed by atoms with van der Waals surface area (Å²) in [5.74, 6) is 0.245. The van der Waals surface area contributed by atoms with E-state index in [1.165, 1.54) is 6.07 Å². The first-order valence-corrected chi connectivity index (χ1v) is 6.60. The number of anilines is 1. The van der Waals surface area contributed by atoms with E-state index in [4.69, 9.17) is 9.47 Å². The van der Waals surface area contributed by atoms with Crippen LogP contribution in [-0.2, 0) is 11.3 Å². The summed E-state index contributed by atoms with van der Waals surface area (Å²) in [6, 6.07) is 4.87. The molecular formula is C15H19FN2O2. The molecule has 0 radical (unpaired) electrons. The Kier molecular flexibility index (Phi) is 4.74. The Morgan fingerprint density at radius 1 is 1.30 bits per heavy atom. The maximum atomic E-state index is 14.0. The number of methoxy groups -OCH3 is 2. The fourth-order valence-electron chi connectivity index (χ4n) is 2.12. The van der Waals surface area contributed by atoms with Crippen molar-refractivity contribution in [3.8, 4) is 5.75 Å². The van der Waals surface area contributed by atoms with Gasteiger partial charge in [0.2, 0.25) is 0 Å². The highest BCUT2D eigenvalue weighted by Crippen LogP contribution is 2.33. The first kappa shape index (κ1) is 14.5. The van der Waals surface area contributed by atoms with E-state index in [-0.39, 0.29) is 5.82 Å². The second kappa shape index (κ2) is 6.52. The zero-order chi connectivity index (χ0) is 14.5. The predicted molar refractivity (Wildman–Crippen MR) is 77.7 cm³/mol. The predicted octanol–water partition coefficient (Wildman–Crippen LogP) is 3.35. The molecule has 4 nitrogen and oxygen atoms in total. The molecule has 2 rings (SSSR count). The number of nitrogens with zero attached hydrogens (tertiary/aromatic N) is 1. The largest absolute Gasteiger partial charge is 0.496 e. The molecule has 0 fully saturated rings. The molecule has 1 N–H and O–H groups in total. The van der Waals surface area contributed by atoms with Gasteiger partial charge >= 0.3 is 0 Å². The van der Waals surface area contributed by atoms with Crippen LogP contribution in [0.15, 0.2) is 18.2 Å². The van der Waals surface area contributed by atoms with Crippen LogP contribution in [0.1, 0.15) is 19.0 Å². The van der Waals surface area contributed by atoms with Gasteiger partial charge in [-0.3, -0.25) is 0 Å². The Morgan fingerprint density at radius 2 is 2.10 bits per heavy atom. The highest BCUT2D eigenvalue weighted by molar-refractivity contribution is 5.97. The SMILES string of the molecule is CCCNc1cc(COC)nc2c(F)ccc(OC)c12. The quantitative estimate of drug-likeness (QED) is 0.880. The van der Waals surface area contributed by atoms with E-state index in [1.807, 2.05) is 6.07 Å². The molecule has 0 amide bonds. The fraction of sp³-hybridized carbons (Fsp3) is 0.400. The van der Waals surface area contributed by atoms with Gasteiger partial charge in [0.05, 0.1) is 24.8 Å². The number of pyridine rings is 1. The van der Waals surface area contributed by atoms with E-state index in [0.29, 0.717) is 29.0 Å². The Labute approximate surface area is 117 Å². The van der Waals surface area contributed by atoms with Crippen LogP contribution in [0.25, 0.3) is 10.9 Å². The molecule has 2 aromatic rings. The zero-order valence-electron chi connectivity index (χ0n) is 12.0. The van der Waals surface area contributed by atoms with Gasteiger partial charge < -0.3 is 14.8 Å². The third kappa shape index (κ3) is 2.82. The summed E-state index contributed by atoms with van der Waals surface area (Å²) >= 11 is 0. The summed E-state index contributed by atoms with van der Waals surface area (Å²) in [4.78, 5) is 4.32. The van der Waals surface area contributed by atoms with E-state index in [1.54, 1.807) is 20.3 Å². The number of hydrogen-bond donors (Lipinski definition) is 1. The summed E-state index contributed by atoms with van der Waals surface area (Å²) in [6.07, 6.45) is 0.973. The van der Waals surface area contributed by atoms with Crippen molar-refractivity contribution in [1.29, 1.82) is 0 Å². The molecule has 1 heterocycles. The molecule has 1 aromatic carbocycles. The fourth-order valence-corrected chi connectivity index (χ4v) is 2.12. The lowest BCUT2D eigenvalue weighted by Gasteiger charge is -2.14. The highest BCUT2D eigenvalue weighted by atomic mass is 19.1. The van der Waals surface area contributed by atoms with Crippen molar-refractivity contribution >= 4 is 16.6 Å². The van der Waals surface area contributed by atoms with E-state index >= 15 is 0 Å². The second-order valence-corrected chi connectivity index (χ2v) is 4.49. The minimum Gasteiger partial charge on any atom is -0.496 e. The number of rotatable bonds is 6. The van der Waals surface area contributed by atoms with Crippen molar-refractivity contribution in [3.05, 3.63) is 29.7 Å². The van der Waals surface area contributed by atoms with Crippen LogP contribution < -0.4 is 10.1 Å². The van der Waals surface area contributed by atoms with Crippen molar-refractivity contribution in [1.82, 2.24) is 4.98 Å². The molecule has 20 heavy (non-hydrogen) atoms. The average molecular weight is 278 g/mol. The molecular weight excluding hydrogens is 259 g/mol. The molecule has 0 aliphatic heterocycles. The van der Waals surface area contributed by atoms with E-state index in [9.17, 15) is 4.39 Å². The van der Waals surface area contributed by atoms with Crippen molar-refractivity contribution < 1.29 is 13.9 Å². The Balaban J connectivity index is 2.66. The molecule has 0 saturated heterocycles. The first-order valence-electron chi connectivity index (χ1n) is 6.60. The van der Waals surface area contributed by atoms with Gasteiger partial charge in [-0.05, 0) is 24.6 Å². The van der Waals surface area contributed by atoms with Crippen LogP contribution in [0.3, 0.4) is 0 Å². The third-order valence-corrected chi connectivity index (χ3v) is 3.00. The summed E-state index contributed by atoms with van der Waals surface area (Å²) in [5, 5.41) is 3.96. The van der Waals surface area contributed by atoms with Gasteiger partial charge in [0, 0.05) is 19.3 Å². The maximum absolute atomic E-state index is 14.0. The van der Waals surface area contributed by atoms with E-state index in [2.05, 4.69) is 17.2 Å². The molecule has 0 saturated carbocycles. The minimum atomic E-state index is -0.363. The zero-order valence-corrected chi connectivity index (χ0v) is 12.0. The summed E-state index contributed by atoms with van der Waals surface area (Å²) in [5.41, 5.74) is 1.81. The smallest absolute Gasteiger partial charge is 0.149 e. The van der Waals surface area contributed by atoms with Crippen LogP contribution in [0.5, 0.6) is 5.75 Å². The lowest BCUT2D eigenvalue weighted by Crippen LogP contribution is -2.05. The van der Waals surface area contributed by atoms with Gasteiger partial charge in [-0.15, -0.1) is 0 Å². The number of hydrogen-bond acceptors (Lipinski definition) is 4. The molecule has 1 aromatic heterocycles. The van der Waals surface area contributed by atoms with Crippen LogP contribution in [-0.4, -0.2) is 25.7 Å². The van der Waals surface area contributed by atoms with Gasteiger partial charge in [0.1, 0.15) is 17.1 Å². The minimum absolute atomic E-state index is 0.303. The molecule has 0 bridgehead atoms. The van der Waals surface area contributed by atoms with Crippen molar-refractivity contribution in [3.63, 3.8) is 0 Å². The average Bonchev–Trinajstić information content (AvgIpc) is 2.46. The number of aromatic nitrogens is 1. The molecule has 5 heteroatoms. The summed E-state index contributed by atoms with van der Waals surface area (Å²) in [7, 11) is 3.16. The van der Waals surface area contributed by atoms with Crippen LogP contribution in [0.2, 0.25) is 0 Å². The van der Waals surface area contributed by atoms with Gasteiger partial charge in [-0.1, -0.05) is 6.92 Å². The van der Waals surface area contributed by atoms with Crippen molar-refractivity contribution in [2.24, 2.45) is 0 Å². The third-order valence-electron chi connectivity index (χ3n) is 3.00. The molecule has 0 aliphatic carbocycles. The lowest BCUT2D eigenvalue weighted by molar-refractivity contribution is 0.182. The van der Waals surface area contributed by atoms with Gasteiger partial charge in [-0.2, -0.15) is 0 Å². The number of halogens is 1. The molecule has 108 valence electrons. The number of ether oxygens (including phenoxy) is 2. The number of nitrogens with one attached hydrogen (secondary N) is 1. The van der Waals surface area contributed by atoms with Crippen LogP contribution >= 0.6 is 0 Å². The van der Waals surface area contributed by atoms with Crippen LogP contribution in [0.4, 0.5) is 10.1 Å². The standard InChI is InChI=1S/C15H19FN2O2/c1-4-7-17-12-8-10(9-19-2)18-15-11(16)5-6-13(20-3)14(12)15/h5-6,8H,4,7,9H2,1-3H3,(H,17,18). The summed E-state index contributed by atoms with van der Waals surface area (Å²) < 4.78 is 24.5. The van der Waals surface area contributed by atoms with Crippen molar-refractivity contribution in [2.45, 2.75) is 20.0 Å². The Morgan fingerprint density at radius 3 is 2.75 bits per heavy atom. The Hall–Kier alpha value is -1.88. The number of benzene rings is 1. The van der Waals surface area contributed by atoms with Gasteiger partial charge in [0.15, 0.2) is 0 Å². The van der Waals surface area contributed by atoms with Gasteiger partial charge in [0.25, 0.3) is 0 Å². The number of fused-ring (bicyclic) bond motifs is 1. The topological polar surface area (TPSA) is 43.4 Å². The first-order chi connectivity index (χ1) is 9.71.